The minimum atomic E-state index is -4.65. The SMILES string of the molecule is COc1cc2nn(C3CCC4(CC3)CCN(CC3CCN(C(=O)OC(C)(C)C)CC3)CC4)cc2cc1NC(=O)c1cccc(C(F)(F)F)n1. The molecule has 1 aromatic carbocycles. The van der Waals surface area contributed by atoms with Crippen molar-refractivity contribution in [3.05, 3.63) is 47.9 Å². The third-order valence-electron chi connectivity index (χ3n) is 10.5. The van der Waals surface area contributed by atoms with E-state index in [0.717, 1.165) is 94.3 Å². The van der Waals surface area contributed by atoms with E-state index in [1.54, 1.807) is 12.1 Å². The Morgan fingerprint density at radius 1 is 0.980 bits per heavy atom. The highest BCUT2D eigenvalue weighted by Crippen LogP contribution is 2.48. The van der Waals surface area contributed by atoms with Crippen LogP contribution in [0.2, 0.25) is 0 Å². The number of alkyl halides is 3. The first kappa shape index (κ1) is 35.0. The summed E-state index contributed by atoms with van der Waals surface area (Å²) in [5.74, 6) is 0.214. The van der Waals surface area contributed by atoms with Crippen LogP contribution in [0, 0.1) is 11.3 Å². The smallest absolute Gasteiger partial charge is 0.433 e. The first-order valence-corrected chi connectivity index (χ1v) is 17.3. The number of amides is 2. The van der Waals surface area contributed by atoms with Crippen molar-refractivity contribution in [3.63, 3.8) is 0 Å². The van der Waals surface area contributed by atoms with Crippen LogP contribution < -0.4 is 10.1 Å². The number of nitrogens with zero attached hydrogens (tertiary/aromatic N) is 5. The third-order valence-corrected chi connectivity index (χ3v) is 10.5. The number of hydrogen-bond donors (Lipinski definition) is 1. The molecule has 10 nitrogen and oxygen atoms in total. The number of methoxy groups -OCH3 is 1. The summed E-state index contributed by atoms with van der Waals surface area (Å²) < 4.78 is 52.5. The summed E-state index contributed by atoms with van der Waals surface area (Å²) in [5, 5.41) is 8.32. The quantitative estimate of drug-likeness (QED) is 0.286. The fourth-order valence-electron chi connectivity index (χ4n) is 7.61. The van der Waals surface area contributed by atoms with E-state index in [2.05, 4.69) is 15.2 Å². The number of pyridine rings is 1. The fraction of sp³-hybridized carbons (Fsp3) is 0.611. The van der Waals surface area contributed by atoms with E-state index in [9.17, 15) is 22.8 Å². The molecule has 2 aliphatic heterocycles. The number of benzene rings is 1. The lowest BCUT2D eigenvalue weighted by Crippen LogP contribution is -2.46. The van der Waals surface area contributed by atoms with Gasteiger partial charge in [-0.3, -0.25) is 9.48 Å². The monoisotopic (exact) mass is 684 g/mol. The molecule has 13 heteroatoms. The molecular weight excluding hydrogens is 637 g/mol. The van der Waals surface area contributed by atoms with Gasteiger partial charge in [-0.15, -0.1) is 0 Å². The van der Waals surface area contributed by atoms with Crippen molar-refractivity contribution in [2.24, 2.45) is 11.3 Å². The Balaban J connectivity index is 1.01. The highest BCUT2D eigenvalue weighted by atomic mass is 19.4. The lowest BCUT2D eigenvalue weighted by atomic mass is 9.67. The van der Waals surface area contributed by atoms with Crippen LogP contribution in [0.3, 0.4) is 0 Å². The Hall–Kier alpha value is -3.87. The minimum Gasteiger partial charge on any atom is -0.494 e. The van der Waals surface area contributed by atoms with Crippen molar-refractivity contribution in [3.8, 4) is 5.75 Å². The van der Waals surface area contributed by atoms with Gasteiger partial charge in [-0.1, -0.05) is 6.07 Å². The van der Waals surface area contributed by atoms with E-state index in [0.29, 0.717) is 22.8 Å². The lowest BCUT2D eigenvalue weighted by Gasteiger charge is -2.47. The van der Waals surface area contributed by atoms with Gasteiger partial charge in [0.25, 0.3) is 5.91 Å². The van der Waals surface area contributed by atoms with Crippen molar-refractivity contribution in [2.45, 2.75) is 90.0 Å². The number of likely N-dealkylation sites (tertiary alicyclic amines) is 2. The molecule has 1 aliphatic carbocycles. The van der Waals surface area contributed by atoms with Crippen molar-refractivity contribution in [1.82, 2.24) is 24.6 Å². The standard InChI is InChI=1S/C36H47F3N6O4/c1-34(2,3)49-33(47)44-16-10-24(11-17-44)22-43-18-14-35(15-19-43)12-8-26(9-13-35)45-23-25-20-29(30(48-4)21-28(25)42-45)41-32(46)27-6-5-7-31(40-27)36(37,38)39/h5-7,20-21,23-24,26H,8-19,22H2,1-4H3,(H,41,46). The highest BCUT2D eigenvalue weighted by Gasteiger charge is 2.39. The first-order chi connectivity index (χ1) is 23.2. The number of anilines is 1. The van der Waals surface area contributed by atoms with Crippen LogP contribution in [0.4, 0.5) is 23.7 Å². The maximum absolute atomic E-state index is 13.1. The minimum absolute atomic E-state index is 0.201. The number of nitrogens with one attached hydrogen (secondary N) is 1. The summed E-state index contributed by atoms with van der Waals surface area (Å²) in [6.07, 6.45) is 5.98. The van der Waals surface area contributed by atoms with E-state index in [4.69, 9.17) is 14.6 Å². The molecule has 1 saturated carbocycles. The molecule has 3 aromatic rings. The number of rotatable bonds is 6. The zero-order valence-electron chi connectivity index (χ0n) is 28.8. The number of hydrogen-bond acceptors (Lipinski definition) is 7. The van der Waals surface area contributed by atoms with Gasteiger partial charge in [-0.25, -0.2) is 9.78 Å². The van der Waals surface area contributed by atoms with Crippen molar-refractivity contribution in [2.75, 3.05) is 45.2 Å². The summed E-state index contributed by atoms with van der Waals surface area (Å²) >= 11 is 0. The van der Waals surface area contributed by atoms with Gasteiger partial charge in [-0.2, -0.15) is 18.3 Å². The highest BCUT2D eigenvalue weighted by molar-refractivity contribution is 6.05. The van der Waals surface area contributed by atoms with Gasteiger partial charge in [0.2, 0.25) is 0 Å². The number of ether oxygens (including phenoxy) is 2. The average Bonchev–Trinajstić information content (AvgIpc) is 3.48. The second kappa shape index (κ2) is 13.8. The molecule has 0 unspecified atom stereocenters. The van der Waals surface area contributed by atoms with Gasteiger partial charge in [0.15, 0.2) is 0 Å². The van der Waals surface area contributed by atoms with Gasteiger partial charge < -0.3 is 24.6 Å². The van der Waals surface area contributed by atoms with Crippen molar-refractivity contribution in [1.29, 1.82) is 0 Å². The van der Waals surface area contributed by atoms with Crippen molar-refractivity contribution >= 4 is 28.6 Å². The molecular formula is C36H47F3N6O4. The molecule has 0 bridgehead atoms. The Kier molecular flexibility index (Phi) is 9.85. The normalized spacial score (nSPS) is 19.7. The molecule has 49 heavy (non-hydrogen) atoms. The van der Waals surface area contributed by atoms with E-state index >= 15 is 0 Å². The van der Waals surface area contributed by atoms with Gasteiger partial charge in [0.1, 0.15) is 22.7 Å². The largest absolute Gasteiger partial charge is 0.494 e. The topological polar surface area (TPSA) is 102 Å². The lowest BCUT2D eigenvalue weighted by molar-refractivity contribution is -0.141. The zero-order chi connectivity index (χ0) is 35.0. The summed E-state index contributed by atoms with van der Waals surface area (Å²) in [6, 6.07) is 6.98. The number of carbonyl (C=O) groups excluding carboxylic acids is 2. The molecule has 2 saturated heterocycles. The number of fused-ring (bicyclic) bond motifs is 1. The van der Waals surface area contributed by atoms with E-state index in [1.165, 1.54) is 26.0 Å². The second-order valence-electron chi connectivity index (χ2n) is 15.0. The molecule has 2 amide bonds. The summed E-state index contributed by atoms with van der Waals surface area (Å²) in [4.78, 5) is 33.3. The molecule has 1 N–H and O–H groups in total. The molecule has 0 atom stereocenters. The third kappa shape index (κ3) is 8.30. The predicted molar refractivity (Wildman–Crippen MR) is 180 cm³/mol. The fourth-order valence-corrected chi connectivity index (χ4v) is 7.61. The molecule has 3 fully saturated rings. The van der Waals surface area contributed by atoms with Gasteiger partial charge in [0.05, 0.1) is 24.4 Å². The van der Waals surface area contributed by atoms with Gasteiger partial charge >= 0.3 is 12.3 Å². The zero-order valence-corrected chi connectivity index (χ0v) is 28.8. The average molecular weight is 685 g/mol. The molecule has 266 valence electrons. The molecule has 2 aromatic heterocycles. The van der Waals surface area contributed by atoms with Crippen LogP contribution in [0.15, 0.2) is 36.5 Å². The second-order valence-corrected chi connectivity index (χ2v) is 15.0. The Morgan fingerprint density at radius 3 is 2.31 bits per heavy atom. The van der Waals surface area contributed by atoms with Gasteiger partial charge in [0, 0.05) is 37.3 Å². The Morgan fingerprint density at radius 2 is 1.67 bits per heavy atom. The van der Waals surface area contributed by atoms with E-state index in [1.807, 2.05) is 36.5 Å². The van der Waals surface area contributed by atoms with Crippen LogP contribution in [-0.2, 0) is 10.9 Å². The maximum atomic E-state index is 13.1. The van der Waals surface area contributed by atoms with E-state index in [-0.39, 0.29) is 17.8 Å². The van der Waals surface area contributed by atoms with Crippen LogP contribution in [-0.4, -0.2) is 82.0 Å². The van der Waals surface area contributed by atoms with Crippen LogP contribution >= 0.6 is 0 Å². The Labute approximate surface area is 285 Å². The molecule has 6 rings (SSSR count). The predicted octanol–water partition coefficient (Wildman–Crippen LogP) is 7.56. The van der Waals surface area contributed by atoms with Crippen molar-refractivity contribution < 1.29 is 32.2 Å². The molecule has 3 aliphatic rings. The van der Waals surface area contributed by atoms with Gasteiger partial charge in [-0.05, 0) is 115 Å². The molecule has 1 spiro atoms. The van der Waals surface area contributed by atoms with Crippen LogP contribution in [0.25, 0.3) is 10.9 Å². The first-order valence-electron chi connectivity index (χ1n) is 17.3. The number of piperidine rings is 2. The number of aromatic nitrogens is 3. The summed E-state index contributed by atoms with van der Waals surface area (Å²) in [5.41, 5.74) is -0.506. The molecule has 4 heterocycles. The van der Waals surface area contributed by atoms with E-state index < -0.39 is 23.4 Å². The van der Waals surface area contributed by atoms with Crippen LogP contribution in [0.1, 0.15) is 94.4 Å². The number of halogens is 3. The Bertz CT molecular complexity index is 1640. The van der Waals surface area contributed by atoms with Crippen LogP contribution in [0.5, 0.6) is 5.75 Å². The number of carbonyl (C=O) groups is 2. The summed E-state index contributed by atoms with van der Waals surface area (Å²) in [7, 11) is 1.47. The molecule has 0 radical (unpaired) electrons. The maximum Gasteiger partial charge on any atom is 0.433 e. The summed E-state index contributed by atoms with van der Waals surface area (Å²) in [6.45, 7) is 10.6.